The minimum absolute atomic E-state index is 0.00968. The topological polar surface area (TPSA) is 73.5 Å². The molecule has 0 bridgehead atoms. The first kappa shape index (κ1) is 21.0. The van der Waals surface area contributed by atoms with Gasteiger partial charge in [0.05, 0.1) is 10.9 Å². The molecule has 1 aromatic rings. The predicted octanol–water partition coefficient (Wildman–Crippen LogP) is 2.56. The first-order valence-electron chi connectivity index (χ1n) is 10.3. The SMILES string of the molecule is CCC(C)CNC(=O)C1CSC2(CCN(C(=O)NCc3ccccc3)CC2)N1. The minimum atomic E-state index is -0.132. The van der Waals surface area contributed by atoms with Crippen molar-refractivity contribution in [2.75, 3.05) is 25.4 Å². The zero-order valence-electron chi connectivity index (χ0n) is 16.9. The highest BCUT2D eigenvalue weighted by Gasteiger charge is 2.44. The van der Waals surface area contributed by atoms with Crippen LogP contribution in [0.15, 0.2) is 30.3 Å². The van der Waals surface area contributed by atoms with Gasteiger partial charge in [-0.2, -0.15) is 0 Å². The molecule has 3 amide bonds. The van der Waals surface area contributed by atoms with Gasteiger partial charge in [-0.3, -0.25) is 10.1 Å². The van der Waals surface area contributed by atoms with Gasteiger partial charge >= 0.3 is 6.03 Å². The molecule has 2 saturated heterocycles. The largest absolute Gasteiger partial charge is 0.354 e. The summed E-state index contributed by atoms with van der Waals surface area (Å²) in [5.41, 5.74) is 1.10. The summed E-state index contributed by atoms with van der Waals surface area (Å²) in [6.07, 6.45) is 2.80. The molecule has 154 valence electrons. The third-order valence-corrected chi connectivity index (χ3v) is 7.33. The zero-order valence-corrected chi connectivity index (χ0v) is 17.7. The summed E-state index contributed by atoms with van der Waals surface area (Å²) < 4.78 is 0. The van der Waals surface area contributed by atoms with Crippen LogP contribution in [0.1, 0.15) is 38.7 Å². The second-order valence-corrected chi connectivity index (χ2v) is 9.30. The molecule has 2 aliphatic heterocycles. The Kier molecular flexibility index (Phi) is 7.24. The summed E-state index contributed by atoms with van der Waals surface area (Å²) in [4.78, 5) is 26.7. The van der Waals surface area contributed by atoms with Crippen molar-refractivity contribution < 1.29 is 9.59 Å². The van der Waals surface area contributed by atoms with E-state index in [4.69, 9.17) is 0 Å². The highest BCUT2D eigenvalue weighted by molar-refractivity contribution is 8.01. The van der Waals surface area contributed by atoms with Crippen molar-refractivity contribution in [2.24, 2.45) is 5.92 Å². The van der Waals surface area contributed by atoms with Crippen molar-refractivity contribution in [3.63, 3.8) is 0 Å². The number of piperidine rings is 1. The van der Waals surface area contributed by atoms with Crippen LogP contribution in [0.25, 0.3) is 0 Å². The monoisotopic (exact) mass is 404 g/mol. The van der Waals surface area contributed by atoms with Crippen LogP contribution >= 0.6 is 11.8 Å². The zero-order chi connectivity index (χ0) is 20.0. The molecular weight excluding hydrogens is 372 g/mol. The average molecular weight is 405 g/mol. The Morgan fingerprint density at radius 1 is 1.25 bits per heavy atom. The number of hydrogen-bond donors (Lipinski definition) is 3. The van der Waals surface area contributed by atoms with Crippen LogP contribution in [0.5, 0.6) is 0 Å². The molecule has 2 atom stereocenters. The highest BCUT2D eigenvalue weighted by atomic mass is 32.2. The molecule has 0 aliphatic carbocycles. The number of benzene rings is 1. The van der Waals surface area contributed by atoms with Crippen molar-refractivity contribution in [3.05, 3.63) is 35.9 Å². The number of thioether (sulfide) groups is 1. The number of carbonyl (C=O) groups is 2. The Morgan fingerprint density at radius 2 is 1.96 bits per heavy atom. The molecule has 7 heteroatoms. The van der Waals surface area contributed by atoms with Gasteiger partial charge in [-0.05, 0) is 24.3 Å². The number of amides is 3. The maximum atomic E-state index is 12.4. The summed E-state index contributed by atoms with van der Waals surface area (Å²) in [6.45, 7) is 6.99. The van der Waals surface area contributed by atoms with Gasteiger partial charge in [0.1, 0.15) is 0 Å². The third kappa shape index (κ3) is 5.41. The van der Waals surface area contributed by atoms with E-state index in [-0.39, 0.29) is 22.9 Å². The van der Waals surface area contributed by atoms with Crippen molar-refractivity contribution in [1.82, 2.24) is 20.9 Å². The van der Waals surface area contributed by atoms with Gasteiger partial charge in [-0.1, -0.05) is 50.6 Å². The predicted molar refractivity (Wildman–Crippen MR) is 114 cm³/mol. The van der Waals surface area contributed by atoms with E-state index in [1.807, 2.05) is 47.0 Å². The Balaban J connectivity index is 1.42. The van der Waals surface area contributed by atoms with Gasteiger partial charge in [0.25, 0.3) is 0 Å². The van der Waals surface area contributed by atoms with Crippen molar-refractivity contribution in [2.45, 2.75) is 50.6 Å². The van der Waals surface area contributed by atoms with Crippen LogP contribution in [-0.2, 0) is 11.3 Å². The molecule has 3 N–H and O–H groups in total. The Morgan fingerprint density at radius 3 is 2.64 bits per heavy atom. The maximum absolute atomic E-state index is 12.4. The van der Waals surface area contributed by atoms with E-state index in [1.165, 1.54) is 0 Å². The van der Waals surface area contributed by atoms with Gasteiger partial charge in [0.2, 0.25) is 5.91 Å². The second kappa shape index (κ2) is 9.65. The molecule has 0 saturated carbocycles. The number of urea groups is 1. The van der Waals surface area contributed by atoms with E-state index >= 15 is 0 Å². The lowest BCUT2D eigenvalue weighted by Crippen LogP contribution is -2.55. The van der Waals surface area contributed by atoms with Gasteiger partial charge in [-0.15, -0.1) is 11.8 Å². The molecular formula is C21H32N4O2S. The number of carbonyl (C=O) groups excluding carboxylic acids is 2. The van der Waals surface area contributed by atoms with Gasteiger partial charge < -0.3 is 15.5 Å². The van der Waals surface area contributed by atoms with E-state index < -0.39 is 0 Å². The fourth-order valence-corrected chi connectivity index (χ4v) is 4.99. The highest BCUT2D eigenvalue weighted by Crippen LogP contribution is 2.39. The first-order chi connectivity index (χ1) is 13.5. The smallest absolute Gasteiger partial charge is 0.317 e. The lowest BCUT2D eigenvalue weighted by Gasteiger charge is -2.39. The molecule has 2 unspecified atom stereocenters. The maximum Gasteiger partial charge on any atom is 0.317 e. The summed E-state index contributed by atoms with van der Waals surface area (Å²) in [5, 5.41) is 9.63. The minimum Gasteiger partial charge on any atom is -0.354 e. The van der Waals surface area contributed by atoms with Crippen LogP contribution < -0.4 is 16.0 Å². The van der Waals surface area contributed by atoms with Crippen LogP contribution in [0.2, 0.25) is 0 Å². The van der Waals surface area contributed by atoms with Crippen molar-refractivity contribution >= 4 is 23.7 Å². The summed E-state index contributed by atoms with van der Waals surface area (Å²) in [7, 11) is 0. The Labute approximate surface area is 172 Å². The van der Waals surface area contributed by atoms with E-state index in [0.717, 1.165) is 37.1 Å². The molecule has 28 heavy (non-hydrogen) atoms. The lowest BCUT2D eigenvalue weighted by atomic mass is 10.0. The summed E-state index contributed by atoms with van der Waals surface area (Å²) in [5.74, 6) is 1.41. The molecule has 0 radical (unpaired) electrons. The number of likely N-dealkylation sites (tertiary alicyclic amines) is 1. The average Bonchev–Trinajstić information content (AvgIpc) is 3.15. The van der Waals surface area contributed by atoms with Gasteiger partial charge in [0, 0.05) is 31.9 Å². The van der Waals surface area contributed by atoms with Crippen molar-refractivity contribution in [3.8, 4) is 0 Å². The Bertz CT molecular complexity index is 662. The number of rotatable bonds is 6. The fourth-order valence-electron chi connectivity index (χ4n) is 3.57. The second-order valence-electron chi connectivity index (χ2n) is 7.89. The third-order valence-electron chi connectivity index (χ3n) is 5.75. The van der Waals surface area contributed by atoms with E-state index in [1.54, 1.807) is 0 Å². The van der Waals surface area contributed by atoms with Crippen LogP contribution in [0.4, 0.5) is 4.79 Å². The fraction of sp³-hybridized carbons (Fsp3) is 0.619. The van der Waals surface area contributed by atoms with Crippen LogP contribution in [0.3, 0.4) is 0 Å². The lowest BCUT2D eigenvalue weighted by molar-refractivity contribution is -0.122. The number of hydrogen-bond acceptors (Lipinski definition) is 4. The Hall–Kier alpha value is -1.73. The number of nitrogens with zero attached hydrogens (tertiary/aromatic N) is 1. The molecule has 1 spiro atoms. The van der Waals surface area contributed by atoms with E-state index in [2.05, 4.69) is 29.8 Å². The number of nitrogens with one attached hydrogen (secondary N) is 3. The van der Waals surface area contributed by atoms with Gasteiger partial charge in [0.15, 0.2) is 0 Å². The quantitative estimate of drug-likeness (QED) is 0.681. The van der Waals surface area contributed by atoms with E-state index in [0.29, 0.717) is 25.6 Å². The van der Waals surface area contributed by atoms with Crippen LogP contribution in [-0.4, -0.2) is 53.1 Å². The van der Waals surface area contributed by atoms with Crippen molar-refractivity contribution in [1.29, 1.82) is 0 Å². The van der Waals surface area contributed by atoms with Crippen LogP contribution in [0, 0.1) is 5.92 Å². The summed E-state index contributed by atoms with van der Waals surface area (Å²) >= 11 is 1.84. The molecule has 2 fully saturated rings. The normalized spacial score (nSPS) is 22.1. The van der Waals surface area contributed by atoms with E-state index in [9.17, 15) is 9.59 Å². The first-order valence-corrected chi connectivity index (χ1v) is 11.3. The standard InChI is InChI=1S/C21H32N4O2S/c1-3-16(2)13-22-19(26)18-15-28-21(24-18)9-11-25(12-10-21)20(27)23-14-17-7-5-4-6-8-17/h4-8,16,18,24H,3,9-15H2,1-2H3,(H,22,26)(H,23,27). The molecule has 3 rings (SSSR count). The molecule has 0 aromatic heterocycles. The van der Waals surface area contributed by atoms with Gasteiger partial charge in [-0.25, -0.2) is 4.79 Å². The molecule has 2 aliphatic rings. The molecule has 6 nitrogen and oxygen atoms in total. The summed E-state index contributed by atoms with van der Waals surface area (Å²) in [6, 6.07) is 9.81. The molecule has 2 heterocycles. The molecule has 1 aromatic carbocycles.